The molecule has 20 heavy (non-hydrogen) atoms. The fourth-order valence-corrected chi connectivity index (χ4v) is 1.59. The number of hydrogen-bond donors (Lipinski definition) is 3. The van der Waals surface area contributed by atoms with Gasteiger partial charge in [-0.3, -0.25) is 0 Å². The molecule has 1 fully saturated rings. The lowest BCUT2D eigenvalue weighted by molar-refractivity contribution is 0.200. The van der Waals surface area contributed by atoms with E-state index in [1.165, 1.54) is 0 Å². The van der Waals surface area contributed by atoms with Gasteiger partial charge >= 0.3 is 12.1 Å². The average Bonchev–Trinajstić information content (AvgIpc) is 3.20. The molecule has 0 atom stereocenters. The maximum absolute atomic E-state index is 11.6. The third kappa shape index (κ3) is 4.79. The van der Waals surface area contributed by atoms with Gasteiger partial charge in [0.15, 0.2) is 0 Å². The lowest BCUT2D eigenvalue weighted by atomic mass is 10.3. The van der Waals surface area contributed by atoms with Crippen LogP contribution in [0.4, 0.5) is 15.3 Å². The molecule has 1 aromatic rings. The molecule has 6 heteroatoms. The van der Waals surface area contributed by atoms with Gasteiger partial charge in [0.1, 0.15) is 5.75 Å². The van der Waals surface area contributed by atoms with Crippen molar-refractivity contribution in [2.45, 2.75) is 32.2 Å². The largest absolute Gasteiger partial charge is 0.412 e. The summed E-state index contributed by atoms with van der Waals surface area (Å²) in [4.78, 5) is 23.0. The van der Waals surface area contributed by atoms with Crippen LogP contribution in [-0.2, 0) is 0 Å². The van der Waals surface area contributed by atoms with Crippen LogP contribution in [0.25, 0.3) is 0 Å². The SMILES string of the molecule is CCCNC(=O)Oc1cccc(NC(=O)NC2CC2)c1. The zero-order valence-corrected chi connectivity index (χ0v) is 11.4. The van der Waals surface area contributed by atoms with E-state index in [1.54, 1.807) is 24.3 Å². The van der Waals surface area contributed by atoms with Crippen molar-refractivity contribution in [1.29, 1.82) is 0 Å². The number of urea groups is 1. The topological polar surface area (TPSA) is 79.5 Å². The minimum absolute atomic E-state index is 0.236. The molecule has 0 aliphatic heterocycles. The second kappa shape index (κ2) is 6.79. The van der Waals surface area contributed by atoms with E-state index in [2.05, 4.69) is 16.0 Å². The molecule has 3 N–H and O–H groups in total. The minimum Gasteiger partial charge on any atom is -0.410 e. The van der Waals surface area contributed by atoms with Crippen molar-refractivity contribution in [3.63, 3.8) is 0 Å². The van der Waals surface area contributed by atoms with Crippen molar-refractivity contribution in [2.75, 3.05) is 11.9 Å². The molecule has 1 saturated carbocycles. The van der Waals surface area contributed by atoms with Crippen molar-refractivity contribution >= 4 is 17.8 Å². The molecular weight excluding hydrogens is 258 g/mol. The van der Waals surface area contributed by atoms with Crippen LogP contribution < -0.4 is 20.7 Å². The molecule has 1 aliphatic rings. The van der Waals surface area contributed by atoms with E-state index in [0.29, 0.717) is 24.0 Å². The zero-order chi connectivity index (χ0) is 14.4. The first-order chi connectivity index (χ1) is 9.67. The van der Waals surface area contributed by atoms with E-state index in [0.717, 1.165) is 19.3 Å². The van der Waals surface area contributed by atoms with Gasteiger partial charge in [-0.25, -0.2) is 9.59 Å². The summed E-state index contributed by atoms with van der Waals surface area (Å²) in [5.41, 5.74) is 0.587. The molecule has 0 saturated heterocycles. The number of ether oxygens (including phenoxy) is 1. The van der Waals surface area contributed by atoms with E-state index in [-0.39, 0.29) is 6.03 Å². The first-order valence-electron chi connectivity index (χ1n) is 6.80. The quantitative estimate of drug-likeness (QED) is 0.773. The fourth-order valence-electron chi connectivity index (χ4n) is 1.59. The van der Waals surface area contributed by atoms with Crippen molar-refractivity contribution in [1.82, 2.24) is 10.6 Å². The summed E-state index contributed by atoms with van der Waals surface area (Å²) in [6.45, 7) is 2.53. The number of anilines is 1. The van der Waals surface area contributed by atoms with Crippen LogP contribution in [0.3, 0.4) is 0 Å². The molecule has 0 bridgehead atoms. The van der Waals surface area contributed by atoms with Crippen LogP contribution in [0.1, 0.15) is 26.2 Å². The van der Waals surface area contributed by atoms with Crippen molar-refractivity contribution in [3.8, 4) is 5.75 Å². The molecule has 6 nitrogen and oxygen atoms in total. The van der Waals surface area contributed by atoms with Gasteiger partial charge in [-0.2, -0.15) is 0 Å². The van der Waals surface area contributed by atoms with Crippen LogP contribution in [0.2, 0.25) is 0 Å². The predicted molar refractivity (Wildman–Crippen MR) is 75.9 cm³/mol. The molecule has 3 amide bonds. The van der Waals surface area contributed by atoms with Crippen LogP contribution in [0.15, 0.2) is 24.3 Å². The second-order valence-corrected chi connectivity index (χ2v) is 4.72. The van der Waals surface area contributed by atoms with Gasteiger partial charge in [0.25, 0.3) is 0 Å². The summed E-state index contributed by atoms with van der Waals surface area (Å²) < 4.78 is 5.11. The Morgan fingerprint density at radius 1 is 1.35 bits per heavy atom. The number of hydrogen-bond acceptors (Lipinski definition) is 3. The molecular formula is C14H19N3O3. The summed E-state index contributed by atoms with van der Waals surface area (Å²) in [6, 6.07) is 6.79. The number of amides is 3. The monoisotopic (exact) mass is 277 g/mol. The lowest BCUT2D eigenvalue weighted by Gasteiger charge is -2.09. The highest BCUT2D eigenvalue weighted by atomic mass is 16.6. The predicted octanol–water partition coefficient (Wildman–Crippen LogP) is 2.47. The second-order valence-electron chi connectivity index (χ2n) is 4.72. The summed E-state index contributed by atoms with van der Waals surface area (Å²) in [5, 5.41) is 8.14. The first-order valence-corrected chi connectivity index (χ1v) is 6.80. The lowest BCUT2D eigenvalue weighted by Crippen LogP contribution is -2.30. The van der Waals surface area contributed by atoms with Gasteiger partial charge < -0.3 is 20.7 Å². The highest BCUT2D eigenvalue weighted by Crippen LogP contribution is 2.20. The average molecular weight is 277 g/mol. The standard InChI is InChI=1S/C14H19N3O3/c1-2-8-15-14(19)20-12-5-3-4-11(9-12)17-13(18)16-10-6-7-10/h3-5,9-10H,2,6-8H2,1H3,(H,15,19)(H2,16,17,18). The van der Waals surface area contributed by atoms with E-state index in [9.17, 15) is 9.59 Å². The van der Waals surface area contributed by atoms with Crippen LogP contribution in [-0.4, -0.2) is 24.7 Å². The Hall–Kier alpha value is -2.24. The normalized spacial score (nSPS) is 13.4. The molecule has 0 unspecified atom stereocenters. The van der Waals surface area contributed by atoms with Gasteiger partial charge in [-0.05, 0) is 31.4 Å². The fraction of sp³-hybridized carbons (Fsp3) is 0.429. The Kier molecular flexibility index (Phi) is 4.81. The third-order valence-electron chi connectivity index (χ3n) is 2.73. The van der Waals surface area contributed by atoms with Crippen LogP contribution >= 0.6 is 0 Å². The van der Waals surface area contributed by atoms with E-state index in [4.69, 9.17) is 4.74 Å². The Labute approximate surface area is 117 Å². The summed E-state index contributed by atoms with van der Waals surface area (Å²) >= 11 is 0. The zero-order valence-electron chi connectivity index (χ0n) is 11.4. The van der Waals surface area contributed by atoms with E-state index >= 15 is 0 Å². The Morgan fingerprint density at radius 3 is 2.85 bits per heavy atom. The Bertz CT molecular complexity index is 486. The maximum atomic E-state index is 11.6. The maximum Gasteiger partial charge on any atom is 0.412 e. The number of benzene rings is 1. The number of carbonyl (C=O) groups excluding carboxylic acids is 2. The first kappa shape index (κ1) is 14.2. The van der Waals surface area contributed by atoms with Gasteiger partial charge in [-0.15, -0.1) is 0 Å². The van der Waals surface area contributed by atoms with Gasteiger partial charge in [0.2, 0.25) is 0 Å². The molecule has 0 spiro atoms. The molecule has 0 radical (unpaired) electrons. The molecule has 2 rings (SSSR count). The summed E-state index contributed by atoms with van der Waals surface area (Å²) in [5.74, 6) is 0.392. The molecule has 1 aliphatic carbocycles. The number of rotatable bonds is 5. The van der Waals surface area contributed by atoms with Crippen molar-refractivity contribution < 1.29 is 14.3 Å². The number of carbonyl (C=O) groups is 2. The van der Waals surface area contributed by atoms with E-state index in [1.807, 2.05) is 6.92 Å². The van der Waals surface area contributed by atoms with Gasteiger partial charge in [0, 0.05) is 24.3 Å². The highest BCUT2D eigenvalue weighted by Gasteiger charge is 2.23. The number of nitrogens with one attached hydrogen (secondary N) is 3. The van der Waals surface area contributed by atoms with Gasteiger partial charge in [0.05, 0.1) is 0 Å². The molecule has 0 heterocycles. The van der Waals surface area contributed by atoms with Crippen molar-refractivity contribution in [2.24, 2.45) is 0 Å². The molecule has 108 valence electrons. The van der Waals surface area contributed by atoms with Crippen LogP contribution in [0, 0.1) is 0 Å². The highest BCUT2D eigenvalue weighted by molar-refractivity contribution is 5.89. The third-order valence-corrected chi connectivity index (χ3v) is 2.73. The van der Waals surface area contributed by atoms with Crippen molar-refractivity contribution in [3.05, 3.63) is 24.3 Å². The van der Waals surface area contributed by atoms with Gasteiger partial charge in [-0.1, -0.05) is 13.0 Å². The molecule has 1 aromatic carbocycles. The summed E-state index contributed by atoms with van der Waals surface area (Å²) in [6.07, 6.45) is 2.42. The minimum atomic E-state index is -0.494. The molecule has 0 aromatic heterocycles. The van der Waals surface area contributed by atoms with E-state index < -0.39 is 6.09 Å². The summed E-state index contributed by atoms with van der Waals surface area (Å²) in [7, 11) is 0. The smallest absolute Gasteiger partial charge is 0.410 e. The van der Waals surface area contributed by atoms with Crippen LogP contribution in [0.5, 0.6) is 5.75 Å². The Morgan fingerprint density at radius 2 is 2.15 bits per heavy atom. The Balaban J connectivity index is 1.86.